The van der Waals surface area contributed by atoms with Crippen molar-refractivity contribution in [3.8, 4) is 5.75 Å². The third-order valence-corrected chi connectivity index (χ3v) is 6.31. The Morgan fingerprint density at radius 3 is 1.92 bits per heavy atom. The number of carbonyl (C=O) groups is 1. The fourth-order valence-electron chi connectivity index (χ4n) is 4.54. The number of hydrogen-bond donors (Lipinski definition) is 0. The highest BCUT2D eigenvalue weighted by atomic mass is 16.6. The normalized spacial score (nSPS) is 13.8. The van der Waals surface area contributed by atoms with E-state index in [2.05, 4.69) is 76.5 Å². The Hall–Kier alpha value is -3.67. The number of rotatable bonds is 8. The van der Waals surface area contributed by atoms with Crippen LogP contribution in [-0.4, -0.2) is 49.4 Å². The quantitative estimate of drug-likeness (QED) is 0.360. The van der Waals surface area contributed by atoms with E-state index in [1.165, 1.54) is 11.1 Å². The van der Waals surface area contributed by atoms with Crippen molar-refractivity contribution in [2.75, 3.05) is 42.6 Å². The molecule has 196 valence electrons. The number of anilines is 2. The molecule has 0 unspecified atom stereocenters. The van der Waals surface area contributed by atoms with Crippen molar-refractivity contribution in [3.05, 3.63) is 90.0 Å². The Bertz CT molecular complexity index is 1100. The van der Waals surface area contributed by atoms with Crippen molar-refractivity contribution in [2.45, 2.75) is 46.4 Å². The summed E-state index contributed by atoms with van der Waals surface area (Å²) in [5, 5.41) is 0. The van der Waals surface area contributed by atoms with E-state index in [4.69, 9.17) is 9.47 Å². The summed E-state index contributed by atoms with van der Waals surface area (Å²) < 4.78 is 11.7. The topological polar surface area (TPSA) is 45.3 Å². The molecule has 1 heterocycles. The second-order valence-corrected chi connectivity index (χ2v) is 10.4. The first-order chi connectivity index (χ1) is 17.8. The Morgan fingerprint density at radius 1 is 0.838 bits per heavy atom. The minimum Gasteiger partial charge on any atom is -0.492 e. The molecular formula is C31H39N3O3. The average molecular weight is 502 g/mol. The Labute approximate surface area is 221 Å². The van der Waals surface area contributed by atoms with Crippen molar-refractivity contribution in [2.24, 2.45) is 0 Å². The molecule has 1 saturated heterocycles. The molecule has 0 radical (unpaired) electrons. The minimum absolute atomic E-state index is 0.241. The van der Waals surface area contributed by atoms with Gasteiger partial charge in [-0.05, 0) is 51.0 Å². The van der Waals surface area contributed by atoms with Crippen LogP contribution in [0.25, 0.3) is 0 Å². The molecule has 4 rings (SSSR count). The van der Waals surface area contributed by atoms with Crippen LogP contribution in [0.2, 0.25) is 0 Å². The average Bonchev–Trinajstić information content (AvgIpc) is 2.89. The van der Waals surface area contributed by atoms with Crippen LogP contribution in [0.1, 0.15) is 38.8 Å². The van der Waals surface area contributed by atoms with E-state index < -0.39 is 5.60 Å². The molecule has 1 aliphatic rings. The Kier molecular flexibility index (Phi) is 8.59. The van der Waals surface area contributed by atoms with Gasteiger partial charge in [0, 0.05) is 51.0 Å². The summed E-state index contributed by atoms with van der Waals surface area (Å²) in [6, 6.07) is 27.6. The highest BCUT2D eigenvalue weighted by molar-refractivity contribution is 5.69. The number of carbonyl (C=O) groups excluding carboxylic acids is 1. The number of benzene rings is 3. The van der Waals surface area contributed by atoms with Crippen LogP contribution in [-0.2, 0) is 17.8 Å². The fourth-order valence-corrected chi connectivity index (χ4v) is 4.54. The molecule has 0 bridgehead atoms. The maximum Gasteiger partial charge on any atom is 0.410 e. The first-order valence-corrected chi connectivity index (χ1v) is 13.1. The van der Waals surface area contributed by atoms with Crippen LogP contribution < -0.4 is 14.5 Å². The fraction of sp³-hybridized carbons (Fsp3) is 0.387. The lowest BCUT2D eigenvalue weighted by molar-refractivity contribution is 0.0240. The lowest BCUT2D eigenvalue weighted by Crippen LogP contribution is -2.50. The molecule has 3 aromatic rings. The predicted molar refractivity (Wildman–Crippen MR) is 150 cm³/mol. The molecule has 0 aliphatic carbocycles. The second kappa shape index (κ2) is 12.0. The van der Waals surface area contributed by atoms with Gasteiger partial charge in [0.25, 0.3) is 0 Å². The summed E-state index contributed by atoms with van der Waals surface area (Å²) in [6.07, 6.45) is -0.241. The summed E-state index contributed by atoms with van der Waals surface area (Å²) in [7, 11) is 0. The van der Waals surface area contributed by atoms with E-state index in [0.29, 0.717) is 19.7 Å². The van der Waals surface area contributed by atoms with Crippen molar-refractivity contribution < 1.29 is 14.3 Å². The SMILES string of the molecule is CCOc1cc(N2CCN(C(=O)OC(C)(C)C)CC2)ccc1N(Cc1ccccc1)Cc1ccccc1. The maximum absolute atomic E-state index is 12.5. The van der Waals surface area contributed by atoms with Crippen LogP contribution >= 0.6 is 0 Å². The van der Waals surface area contributed by atoms with Gasteiger partial charge >= 0.3 is 6.09 Å². The van der Waals surface area contributed by atoms with Crippen molar-refractivity contribution in [3.63, 3.8) is 0 Å². The van der Waals surface area contributed by atoms with Gasteiger partial charge in [0.1, 0.15) is 11.4 Å². The molecule has 6 nitrogen and oxygen atoms in total. The van der Waals surface area contributed by atoms with Crippen LogP contribution in [0, 0.1) is 0 Å². The summed E-state index contributed by atoms with van der Waals surface area (Å²) in [4.78, 5) is 19.0. The van der Waals surface area contributed by atoms with Crippen LogP contribution in [0.3, 0.4) is 0 Å². The van der Waals surface area contributed by atoms with Gasteiger partial charge in [0.15, 0.2) is 0 Å². The van der Waals surface area contributed by atoms with E-state index >= 15 is 0 Å². The molecule has 1 aliphatic heterocycles. The van der Waals surface area contributed by atoms with Gasteiger partial charge < -0.3 is 24.2 Å². The van der Waals surface area contributed by atoms with E-state index in [0.717, 1.165) is 43.3 Å². The summed E-state index contributed by atoms with van der Waals surface area (Å²) in [6.45, 7) is 12.6. The smallest absolute Gasteiger partial charge is 0.410 e. The highest BCUT2D eigenvalue weighted by Gasteiger charge is 2.26. The van der Waals surface area contributed by atoms with Crippen molar-refractivity contribution in [1.82, 2.24) is 4.90 Å². The zero-order valence-electron chi connectivity index (χ0n) is 22.5. The molecule has 0 aromatic heterocycles. The van der Waals surface area contributed by atoms with Gasteiger partial charge in [0.05, 0.1) is 12.3 Å². The number of piperazine rings is 1. The van der Waals surface area contributed by atoms with Crippen LogP contribution in [0.4, 0.5) is 16.2 Å². The van der Waals surface area contributed by atoms with Gasteiger partial charge in [-0.3, -0.25) is 0 Å². The number of nitrogens with zero attached hydrogens (tertiary/aromatic N) is 3. The molecule has 1 fully saturated rings. The zero-order chi connectivity index (χ0) is 26.3. The van der Waals surface area contributed by atoms with Gasteiger partial charge in [-0.25, -0.2) is 4.79 Å². The monoisotopic (exact) mass is 501 g/mol. The third kappa shape index (κ3) is 7.42. The zero-order valence-corrected chi connectivity index (χ0v) is 22.5. The standard InChI is InChI=1S/C31H39N3O3/c1-5-36-29-22-27(32-18-20-33(21-19-32)30(35)37-31(2,3)4)16-17-28(29)34(23-25-12-8-6-9-13-25)24-26-14-10-7-11-15-26/h6-17,22H,5,18-21,23-24H2,1-4H3. The molecule has 0 spiro atoms. The number of ether oxygens (including phenoxy) is 2. The lowest BCUT2D eigenvalue weighted by atomic mass is 10.1. The highest BCUT2D eigenvalue weighted by Crippen LogP contribution is 2.35. The molecule has 6 heteroatoms. The van der Waals surface area contributed by atoms with Gasteiger partial charge in [-0.15, -0.1) is 0 Å². The Balaban J connectivity index is 1.54. The predicted octanol–water partition coefficient (Wildman–Crippen LogP) is 6.35. The number of hydrogen-bond acceptors (Lipinski definition) is 5. The summed E-state index contributed by atoms with van der Waals surface area (Å²) >= 11 is 0. The molecular weight excluding hydrogens is 462 g/mol. The molecule has 1 amide bonds. The van der Waals surface area contributed by atoms with Gasteiger partial charge in [-0.1, -0.05) is 60.7 Å². The molecule has 0 N–H and O–H groups in total. The Morgan fingerprint density at radius 2 is 1.41 bits per heavy atom. The lowest BCUT2D eigenvalue weighted by Gasteiger charge is -2.37. The maximum atomic E-state index is 12.5. The minimum atomic E-state index is -0.484. The van der Waals surface area contributed by atoms with Crippen LogP contribution in [0.5, 0.6) is 5.75 Å². The van der Waals surface area contributed by atoms with E-state index in [1.54, 1.807) is 4.90 Å². The summed E-state index contributed by atoms with van der Waals surface area (Å²) in [5.74, 6) is 0.876. The largest absolute Gasteiger partial charge is 0.492 e. The van der Waals surface area contributed by atoms with Crippen molar-refractivity contribution >= 4 is 17.5 Å². The van der Waals surface area contributed by atoms with Crippen LogP contribution in [0.15, 0.2) is 78.9 Å². The molecule has 37 heavy (non-hydrogen) atoms. The third-order valence-electron chi connectivity index (χ3n) is 6.31. The van der Waals surface area contributed by atoms with Gasteiger partial charge in [0.2, 0.25) is 0 Å². The molecule has 0 saturated carbocycles. The van der Waals surface area contributed by atoms with Gasteiger partial charge in [-0.2, -0.15) is 0 Å². The second-order valence-electron chi connectivity index (χ2n) is 10.4. The number of amides is 1. The molecule has 0 atom stereocenters. The summed E-state index contributed by atoms with van der Waals surface area (Å²) in [5.41, 5.74) is 4.20. The van der Waals surface area contributed by atoms with Crippen molar-refractivity contribution in [1.29, 1.82) is 0 Å². The van der Waals surface area contributed by atoms with E-state index in [1.807, 2.05) is 39.8 Å². The van der Waals surface area contributed by atoms with E-state index in [9.17, 15) is 4.79 Å². The molecule has 3 aromatic carbocycles. The van der Waals surface area contributed by atoms with E-state index in [-0.39, 0.29) is 6.09 Å². The first kappa shape index (κ1) is 26.4. The first-order valence-electron chi connectivity index (χ1n) is 13.1.